The van der Waals surface area contributed by atoms with E-state index in [1.165, 1.54) is 7.11 Å². The SMILES string of the molecule is COC(=O)c1cccc(CNC(=O)c2[nH]c3c(-c4c(C)nn(C)c4C)cccc3c2CCCOc2cc(C)c(Cl)c(C)c2)c1. The summed E-state index contributed by atoms with van der Waals surface area (Å²) in [6, 6.07) is 17.1. The fourth-order valence-electron chi connectivity index (χ4n) is 5.72. The highest BCUT2D eigenvalue weighted by Gasteiger charge is 2.22. The number of nitrogens with one attached hydrogen (secondary N) is 2. The zero-order valence-electron chi connectivity index (χ0n) is 25.9. The lowest BCUT2D eigenvalue weighted by Gasteiger charge is -2.11. The molecule has 0 unspecified atom stereocenters. The van der Waals surface area contributed by atoms with Gasteiger partial charge in [-0.3, -0.25) is 9.48 Å². The Morgan fingerprint density at radius 3 is 2.43 bits per heavy atom. The lowest BCUT2D eigenvalue weighted by molar-refractivity contribution is 0.0600. The summed E-state index contributed by atoms with van der Waals surface area (Å²) in [6.45, 7) is 8.71. The van der Waals surface area contributed by atoms with Crippen LogP contribution in [0.2, 0.25) is 5.02 Å². The number of hydrogen-bond donors (Lipinski definition) is 2. The van der Waals surface area contributed by atoms with Gasteiger partial charge in [-0.15, -0.1) is 0 Å². The molecule has 2 N–H and O–H groups in total. The van der Waals surface area contributed by atoms with Gasteiger partial charge >= 0.3 is 5.97 Å². The summed E-state index contributed by atoms with van der Waals surface area (Å²) in [4.78, 5) is 29.2. The number of amides is 1. The van der Waals surface area contributed by atoms with Crippen molar-refractivity contribution in [3.05, 3.63) is 105 Å². The molecule has 2 aromatic heterocycles. The van der Waals surface area contributed by atoms with Gasteiger partial charge in [0.2, 0.25) is 0 Å². The molecule has 5 rings (SSSR count). The number of aromatic amines is 1. The summed E-state index contributed by atoms with van der Waals surface area (Å²) < 4.78 is 12.8. The number of ether oxygens (including phenoxy) is 2. The molecule has 5 aromatic rings. The normalized spacial score (nSPS) is 11.2. The largest absolute Gasteiger partial charge is 0.494 e. The van der Waals surface area contributed by atoms with Gasteiger partial charge in [0.25, 0.3) is 5.91 Å². The lowest BCUT2D eigenvalue weighted by atomic mass is 9.98. The molecule has 0 aliphatic heterocycles. The first-order valence-electron chi connectivity index (χ1n) is 14.6. The van der Waals surface area contributed by atoms with Crippen molar-refractivity contribution in [2.45, 2.75) is 47.1 Å². The number of carbonyl (C=O) groups excluding carboxylic acids is 2. The number of nitrogens with zero attached hydrogens (tertiary/aromatic N) is 2. The second-order valence-corrected chi connectivity index (χ2v) is 11.5. The summed E-state index contributed by atoms with van der Waals surface area (Å²) in [5.74, 6) is 0.131. The number of carbonyl (C=O) groups is 2. The van der Waals surface area contributed by atoms with Crippen molar-refractivity contribution in [3.8, 4) is 16.9 Å². The van der Waals surface area contributed by atoms with Gasteiger partial charge in [0.15, 0.2) is 0 Å². The van der Waals surface area contributed by atoms with Crippen LogP contribution >= 0.6 is 11.6 Å². The van der Waals surface area contributed by atoms with Crippen LogP contribution in [0.3, 0.4) is 0 Å². The molecule has 0 atom stereocenters. The second-order valence-electron chi connectivity index (χ2n) is 11.1. The summed E-state index contributed by atoms with van der Waals surface area (Å²) in [6.07, 6.45) is 1.32. The van der Waals surface area contributed by atoms with Gasteiger partial charge in [0.05, 0.1) is 30.5 Å². The van der Waals surface area contributed by atoms with Crippen LogP contribution in [0, 0.1) is 27.7 Å². The Morgan fingerprint density at radius 1 is 1.02 bits per heavy atom. The molecule has 0 saturated carbocycles. The number of H-pyrrole nitrogens is 1. The quantitative estimate of drug-likeness (QED) is 0.129. The van der Waals surface area contributed by atoms with E-state index in [9.17, 15) is 9.59 Å². The average molecular weight is 613 g/mol. The number of aryl methyl sites for hydroxylation is 5. The predicted octanol–water partition coefficient (Wildman–Crippen LogP) is 7.18. The van der Waals surface area contributed by atoms with E-state index in [0.717, 1.165) is 66.4 Å². The van der Waals surface area contributed by atoms with Gasteiger partial charge in [0, 0.05) is 40.8 Å². The highest BCUT2D eigenvalue weighted by molar-refractivity contribution is 6.32. The number of para-hydroxylation sites is 1. The molecule has 0 spiro atoms. The van der Waals surface area contributed by atoms with E-state index in [0.29, 0.717) is 30.7 Å². The average Bonchev–Trinajstić information content (AvgIpc) is 3.51. The molecule has 2 heterocycles. The smallest absolute Gasteiger partial charge is 0.337 e. The Hall–Kier alpha value is -4.56. The van der Waals surface area contributed by atoms with Crippen LogP contribution in [0.4, 0.5) is 0 Å². The maximum atomic E-state index is 13.7. The fraction of sp³-hybridized carbons (Fsp3) is 0.286. The third kappa shape index (κ3) is 6.21. The molecule has 3 aromatic carbocycles. The Bertz CT molecular complexity index is 1850. The van der Waals surface area contributed by atoms with E-state index in [1.54, 1.807) is 18.2 Å². The number of aromatic nitrogens is 3. The Morgan fingerprint density at radius 2 is 1.75 bits per heavy atom. The van der Waals surface area contributed by atoms with Crippen molar-refractivity contribution in [1.29, 1.82) is 0 Å². The van der Waals surface area contributed by atoms with E-state index < -0.39 is 5.97 Å². The van der Waals surface area contributed by atoms with Crippen LogP contribution in [0.15, 0.2) is 54.6 Å². The minimum atomic E-state index is -0.421. The number of halogens is 1. The minimum Gasteiger partial charge on any atom is -0.494 e. The molecule has 44 heavy (non-hydrogen) atoms. The van der Waals surface area contributed by atoms with Crippen molar-refractivity contribution in [3.63, 3.8) is 0 Å². The van der Waals surface area contributed by atoms with Gasteiger partial charge in [-0.2, -0.15) is 5.10 Å². The summed E-state index contributed by atoms with van der Waals surface area (Å²) in [7, 11) is 3.28. The van der Waals surface area contributed by atoms with Crippen LogP contribution in [-0.2, 0) is 24.8 Å². The van der Waals surface area contributed by atoms with E-state index in [1.807, 2.05) is 63.7 Å². The van der Waals surface area contributed by atoms with Crippen molar-refractivity contribution in [2.24, 2.45) is 7.05 Å². The van der Waals surface area contributed by atoms with Crippen molar-refractivity contribution in [2.75, 3.05) is 13.7 Å². The number of methoxy groups -OCH3 is 1. The van der Waals surface area contributed by atoms with E-state index in [2.05, 4.69) is 27.5 Å². The lowest BCUT2D eigenvalue weighted by Crippen LogP contribution is -2.24. The second kappa shape index (κ2) is 13.0. The number of esters is 1. The molecular formula is C35H37ClN4O4. The van der Waals surface area contributed by atoms with E-state index >= 15 is 0 Å². The first-order valence-corrected chi connectivity index (χ1v) is 15.0. The summed E-state index contributed by atoms with van der Waals surface area (Å²) in [5, 5.41) is 9.39. The van der Waals surface area contributed by atoms with Gasteiger partial charge in [-0.25, -0.2) is 4.79 Å². The predicted molar refractivity (Wildman–Crippen MR) is 174 cm³/mol. The molecule has 8 nitrogen and oxygen atoms in total. The first kappa shape index (κ1) is 30.9. The fourth-order valence-corrected chi connectivity index (χ4v) is 5.83. The number of benzene rings is 3. The molecule has 228 valence electrons. The molecule has 0 radical (unpaired) electrons. The van der Waals surface area contributed by atoms with Gasteiger partial charge < -0.3 is 19.8 Å². The van der Waals surface area contributed by atoms with Crippen LogP contribution in [-0.4, -0.2) is 40.4 Å². The molecule has 0 bridgehead atoms. The molecule has 0 fully saturated rings. The van der Waals surface area contributed by atoms with Gasteiger partial charge in [-0.05, 0) is 87.1 Å². The summed E-state index contributed by atoms with van der Waals surface area (Å²) >= 11 is 6.33. The van der Waals surface area contributed by atoms with E-state index in [-0.39, 0.29) is 12.5 Å². The number of hydrogen-bond acceptors (Lipinski definition) is 5. The molecular weight excluding hydrogens is 576 g/mol. The zero-order chi connectivity index (χ0) is 31.5. The maximum absolute atomic E-state index is 13.7. The van der Waals surface area contributed by atoms with Gasteiger partial charge in [-0.1, -0.05) is 41.9 Å². The Kier molecular flexibility index (Phi) is 9.11. The third-order valence-corrected chi connectivity index (χ3v) is 8.59. The standard InChI is InChI=1S/C35H37ClN4O4/c1-20-16-26(17-21(2)31(20)36)44-15-9-14-28-27-12-8-13-29(30-22(3)39-40(5)23(30)4)32(27)38-33(28)34(41)37-19-24-10-7-11-25(18-24)35(42)43-6/h7-8,10-13,16-18,38H,9,14-15,19H2,1-6H3,(H,37,41). The summed E-state index contributed by atoms with van der Waals surface area (Å²) in [5.41, 5.74) is 9.52. The topological polar surface area (TPSA) is 98.2 Å². The maximum Gasteiger partial charge on any atom is 0.337 e. The number of fused-ring (bicyclic) bond motifs is 1. The Balaban J connectivity index is 1.44. The highest BCUT2D eigenvalue weighted by atomic mass is 35.5. The molecule has 0 aliphatic carbocycles. The van der Waals surface area contributed by atoms with Crippen LogP contribution in [0.1, 0.15) is 60.9 Å². The first-order chi connectivity index (χ1) is 21.1. The number of rotatable bonds is 10. The Labute approximate surface area is 262 Å². The van der Waals surface area contributed by atoms with E-state index in [4.69, 9.17) is 21.1 Å². The van der Waals surface area contributed by atoms with Crippen LogP contribution in [0.5, 0.6) is 5.75 Å². The van der Waals surface area contributed by atoms with Crippen molar-refractivity contribution >= 4 is 34.4 Å². The molecule has 9 heteroatoms. The molecule has 0 saturated heterocycles. The minimum absolute atomic E-state index is 0.227. The highest BCUT2D eigenvalue weighted by Crippen LogP contribution is 2.35. The van der Waals surface area contributed by atoms with Gasteiger partial charge in [0.1, 0.15) is 11.4 Å². The molecule has 0 aliphatic rings. The monoisotopic (exact) mass is 612 g/mol. The van der Waals surface area contributed by atoms with Crippen molar-refractivity contribution in [1.82, 2.24) is 20.1 Å². The van der Waals surface area contributed by atoms with Crippen LogP contribution < -0.4 is 10.1 Å². The third-order valence-electron chi connectivity index (χ3n) is 8.00. The van der Waals surface area contributed by atoms with Crippen molar-refractivity contribution < 1.29 is 19.1 Å². The molecule has 1 amide bonds. The van der Waals surface area contributed by atoms with Crippen LogP contribution in [0.25, 0.3) is 22.0 Å². The zero-order valence-corrected chi connectivity index (χ0v) is 26.7.